The Labute approximate surface area is 219 Å². The number of carbonyl (C=O) groups is 1. The zero-order valence-corrected chi connectivity index (χ0v) is 24.0. The van der Waals surface area contributed by atoms with Crippen molar-refractivity contribution in [3.63, 3.8) is 0 Å². The van der Waals surface area contributed by atoms with E-state index >= 15 is 0 Å². The fourth-order valence-corrected chi connectivity index (χ4v) is 11.1. The molecule has 0 bridgehead atoms. The maximum atomic E-state index is 13.7. The summed E-state index contributed by atoms with van der Waals surface area (Å²) in [6.45, 7) is 17.1. The minimum absolute atomic E-state index is 0.0370. The summed E-state index contributed by atoms with van der Waals surface area (Å²) in [5, 5.41) is 20.3. The summed E-state index contributed by atoms with van der Waals surface area (Å²) in [4.78, 5) is 13.7. The van der Waals surface area contributed by atoms with E-state index in [-0.39, 0.29) is 52.9 Å². The van der Waals surface area contributed by atoms with E-state index in [0.717, 1.165) is 44.9 Å². The van der Waals surface area contributed by atoms with Crippen LogP contribution >= 0.6 is 0 Å². The number of rotatable bonds is 3. The van der Waals surface area contributed by atoms with E-state index in [1.165, 1.54) is 12.8 Å². The SMILES string of the molecule is C[C@H]1[C@H](C)CC[C@]2(C(=O)OCCO)CC[C@]3(C)C(=CC[C@@H]4[C@@]5(C)CC[C@H](O)C(C)(C)[C@@H]5CC[C@]43C)[C@H]12. The van der Waals surface area contributed by atoms with Crippen molar-refractivity contribution in [2.24, 2.45) is 56.7 Å². The molecule has 4 nitrogen and oxygen atoms in total. The smallest absolute Gasteiger partial charge is 0.312 e. The third kappa shape index (κ3) is 3.28. The minimum Gasteiger partial charge on any atom is -0.463 e. The summed E-state index contributed by atoms with van der Waals surface area (Å²) in [5.41, 5.74) is 1.60. The molecule has 0 aromatic carbocycles. The summed E-state index contributed by atoms with van der Waals surface area (Å²) >= 11 is 0. The van der Waals surface area contributed by atoms with Crippen molar-refractivity contribution in [3.05, 3.63) is 11.6 Å². The van der Waals surface area contributed by atoms with Crippen LogP contribution in [0.5, 0.6) is 0 Å². The van der Waals surface area contributed by atoms with Gasteiger partial charge in [0, 0.05) is 0 Å². The molecule has 0 radical (unpaired) electrons. The molecular weight excluding hydrogens is 448 g/mol. The summed E-state index contributed by atoms with van der Waals surface area (Å²) in [7, 11) is 0. The first-order chi connectivity index (χ1) is 16.8. The largest absolute Gasteiger partial charge is 0.463 e. The van der Waals surface area contributed by atoms with Crippen LogP contribution < -0.4 is 0 Å². The molecule has 5 aliphatic rings. The molecule has 4 fully saturated rings. The Kier molecular flexibility index (Phi) is 6.36. The van der Waals surface area contributed by atoms with Gasteiger partial charge in [0.2, 0.25) is 0 Å². The molecule has 36 heavy (non-hydrogen) atoms. The molecule has 0 unspecified atom stereocenters. The number of fused-ring (bicyclic) bond motifs is 7. The van der Waals surface area contributed by atoms with E-state index in [4.69, 9.17) is 4.74 Å². The molecule has 0 aromatic heterocycles. The lowest BCUT2D eigenvalue weighted by molar-refractivity contribution is -0.207. The first kappa shape index (κ1) is 26.7. The van der Waals surface area contributed by atoms with Gasteiger partial charge in [0.15, 0.2) is 0 Å². The van der Waals surface area contributed by atoms with Gasteiger partial charge in [-0.15, -0.1) is 0 Å². The number of carbonyl (C=O) groups excluding carboxylic acids is 1. The molecule has 4 saturated carbocycles. The van der Waals surface area contributed by atoms with E-state index < -0.39 is 5.41 Å². The Balaban J connectivity index is 1.58. The van der Waals surface area contributed by atoms with Gasteiger partial charge >= 0.3 is 5.97 Å². The van der Waals surface area contributed by atoms with Gasteiger partial charge in [-0.25, -0.2) is 0 Å². The lowest BCUT2D eigenvalue weighted by Crippen LogP contribution is -2.65. The summed E-state index contributed by atoms with van der Waals surface area (Å²) < 4.78 is 5.70. The third-order valence-corrected chi connectivity index (χ3v) is 13.7. The molecule has 10 atom stereocenters. The van der Waals surface area contributed by atoms with Gasteiger partial charge in [0.05, 0.1) is 18.1 Å². The molecule has 0 aliphatic heterocycles. The standard InChI is InChI=1S/C32H52O4/c1-20-10-15-32(27(35)36-19-18-33)17-16-30(6)22(26(32)21(20)2)8-9-24-29(5)13-12-25(34)28(3,4)23(29)11-14-31(24,30)7/h8,20-21,23-26,33-34H,9-19H2,1-7H3/t20-,21+,23+,24-,25+,26+,29+,30-,31-,32+/m1/s1. The minimum atomic E-state index is -0.437. The van der Waals surface area contributed by atoms with Crippen LogP contribution in [0.2, 0.25) is 0 Å². The lowest BCUT2D eigenvalue weighted by atomic mass is 9.33. The zero-order valence-electron chi connectivity index (χ0n) is 24.0. The Bertz CT molecular complexity index is 923. The number of aliphatic hydroxyl groups excluding tert-OH is 2. The van der Waals surface area contributed by atoms with Gasteiger partial charge in [-0.1, -0.05) is 60.1 Å². The predicted octanol–water partition coefficient (Wildman–Crippen LogP) is 6.54. The lowest BCUT2D eigenvalue weighted by Gasteiger charge is -2.71. The Morgan fingerprint density at radius 1 is 0.972 bits per heavy atom. The highest BCUT2D eigenvalue weighted by molar-refractivity contribution is 5.79. The molecule has 0 heterocycles. The first-order valence-electron chi connectivity index (χ1n) is 15.0. The highest BCUT2D eigenvalue weighted by Gasteiger charge is 2.69. The Hall–Kier alpha value is -0.870. The number of esters is 1. The second-order valence-corrected chi connectivity index (χ2v) is 15.0. The summed E-state index contributed by atoms with van der Waals surface area (Å²) in [6, 6.07) is 0. The molecule has 0 amide bonds. The topological polar surface area (TPSA) is 66.8 Å². The van der Waals surface area contributed by atoms with E-state index in [0.29, 0.717) is 23.7 Å². The van der Waals surface area contributed by atoms with Gasteiger partial charge in [0.1, 0.15) is 6.61 Å². The fraction of sp³-hybridized carbons (Fsp3) is 0.906. The number of allylic oxidation sites excluding steroid dienone is 2. The van der Waals surface area contributed by atoms with Gasteiger partial charge in [0.25, 0.3) is 0 Å². The van der Waals surface area contributed by atoms with Gasteiger partial charge in [-0.3, -0.25) is 4.79 Å². The normalized spacial score (nSPS) is 51.6. The molecule has 5 rings (SSSR count). The monoisotopic (exact) mass is 500 g/mol. The number of aliphatic hydroxyl groups is 2. The van der Waals surface area contributed by atoms with Crippen molar-refractivity contribution in [2.45, 2.75) is 112 Å². The van der Waals surface area contributed by atoms with Crippen LogP contribution in [-0.2, 0) is 9.53 Å². The second-order valence-electron chi connectivity index (χ2n) is 15.0. The van der Waals surface area contributed by atoms with Gasteiger partial charge < -0.3 is 14.9 Å². The van der Waals surface area contributed by atoms with E-state index in [2.05, 4.69) is 54.5 Å². The van der Waals surface area contributed by atoms with Crippen molar-refractivity contribution < 1.29 is 19.7 Å². The van der Waals surface area contributed by atoms with Crippen LogP contribution in [0.3, 0.4) is 0 Å². The molecule has 4 heteroatoms. The number of ether oxygens (including phenoxy) is 1. The molecule has 2 N–H and O–H groups in total. The van der Waals surface area contributed by atoms with Gasteiger partial charge in [-0.2, -0.15) is 0 Å². The third-order valence-electron chi connectivity index (χ3n) is 13.7. The predicted molar refractivity (Wildman–Crippen MR) is 143 cm³/mol. The highest BCUT2D eigenvalue weighted by Crippen LogP contribution is 2.75. The van der Waals surface area contributed by atoms with Gasteiger partial charge in [-0.05, 0) is 109 Å². The van der Waals surface area contributed by atoms with Crippen molar-refractivity contribution >= 4 is 5.97 Å². The van der Waals surface area contributed by atoms with Crippen molar-refractivity contribution in [1.29, 1.82) is 0 Å². The van der Waals surface area contributed by atoms with E-state index in [9.17, 15) is 15.0 Å². The Morgan fingerprint density at radius 3 is 2.39 bits per heavy atom. The average Bonchev–Trinajstić information content (AvgIpc) is 2.83. The maximum absolute atomic E-state index is 13.7. The van der Waals surface area contributed by atoms with Crippen LogP contribution in [0, 0.1) is 56.7 Å². The van der Waals surface area contributed by atoms with Crippen LogP contribution in [0.4, 0.5) is 0 Å². The van der Waals surface area contributed by atoms with Crippen LogP contribution in [-0.4, -0.2) is 35.5 Å². The summed E-state index contributed by atoms with van der Waals surface area (Å²) in [5.74, 6) is 2.37. The molecule has 204 valence electrons. The van der Waals surface area contributed by atoms with Crippen LogP contribution in [0.1, 0.15) is 106 Å². The molecule has 5 aliphatic carbocycles. The van der Waals surface area contributed by atoms with Crippen molar-refractivity contribution in [2.75, 3.05) is 13.2 Å². The molecule has 0 saturated heterocycles. The van der Waals surface area contributed by atoms with Crippen LogP contribution in [0.25, 0.3) is 0 Å². The maximum Gasteiger partial charge on any atom is 0.312 e. The zero-order chi connectivity index (χ0) is 26.3. The quantitative estimate of drug-likeness (QED) is 0.341. The second kappa shape index (κ2) is 8.57. The highest BCUT2D eigenvalue weighted by atomic mass is 16.5. The molecular formula is C32H52O4. The molecule has 0 spiro atoms. The van der Waals surface area contributed by atoms with E-state index in [1.807, 2.05) is 0 Å². The first-order valence-corrected chi connectivity index (χ1v) is 15.0. The molecule has 0 aromatic rings. The number of hydrogen-bond donors (Lipinski definition) is 2. The van der Waals surface area contributed by atoms with E-state index in [1.54, 1.807) is 5.57 Å². The fourth-order valence-electron chi connectivity index (χ4n) is 11.1. The average molecular weight is 501 g/mol. The van der Waals surface area contributed by atoms with Crippen molar-refractivity contribution in [3.8, 4) is 0 Å². The Morgan fingerprint density at radius 2 is 1.69 bits per heavy atom. The summed E-state index contributed by atoms with van der Waals surface area (Å²) in [6.07, 6.45) is 11.9. The van der Waals surface area contributed by atoms with Crippen LogP contribution in [0.15, 0.2) is 11.6 Å². The number of hydrogen-bond acceptors (Lipinski definition) is 4. The van der Waals surface area contributed by atoms with Crippen molar-refractivity contribution in [1.82, 2.24) is 0 Å².